The van der Waals surface area contributed by atoms with Gasteiger partial charge in [-0.15, -0.1) is 0 Å². The number of carbonyl (C=O) groups is 1. The summed E-state index contributed by atoms with van der Waals surface area (Å²) in [6.45, 7) is 0. The molecule has 0 saturated heterocycles. The molecule has 0 amide bonds. The van der Waals surface area contributed by atoms with Crippen molar-refractivity contribution in [3.8, 4) is 0 Å². The van der Waals surface area contributed by atoms with Gasteiger partial charge in [0.15, 0.2) is 0 Å². The van der Waals surface area contributed by atoms with Crippen molar-refractivity contribution in [1.29, 1.82) is 0 Å². The second-order valence-corrected chi connectivity index (χ2v) is 1.40. The lowest BCUT2D eigenvalue weighted by atomic mass is 10.3. The van der Waals surface area contributed by atoms with E-state index in [0.717, 1.165) is 12.4 Å². The molecule has 0 fully saturated rings. The van der Waals surface area contributed by atoms with Crippen molar-refractivity contribution in [2.24, 2.45) is 0 Å². The first-order valence-corrected chi connectivity index (χ1v) is 2.27. The van der Waals surface area contributed by atoms with E-state index in [9.17, 15) is 4.79 Å². The average molecular weight is 125 g/mol. The van der Waals surface area contributed by atoms with Gasteiger partial charge in [0, 0.05) is 12.4 Å². The Balaban J connectivity index is 3.27. The first kappa shape index (κ1) is 3.61. The average Bonchev–Trinajstić information content (AvgIpc) is 1.94. The number of pyridine rings is 1. The molecule has 0 aliphatic rings. The quantitative estimate of drug-likeness (QED) is 0.603. The van der Waals surface area contributed by atoms with Gasteiger partial charge in [-0.1, -0.05) is 0 Å². The molecule has 1 aromatic heterocycles. The van der Waals surface area contributed by atoms with E-state index in [2.05, 4.69) is 4.98 Å². The van der Waals surface area contributed by atoms with Crippen LogP contribution in [0.3, 0.4) is 0 Å². The van der Waals surface area contributed by atoms with Crippen LogP contribution in [0, 0.1) is 0 Å². The maximum Gasteiger partial charge on any atom is 0.337 e. The van der Waals surface area contributed by atoms with Crippen LogP contribution in [0.4, 0.5) is 0 Å². The molecule has 0 saturated carbocycles. The Hall–Kier alpha value is -1.38. The van der Waals surface area contributed by atoms with Crippen LogP contribution in [0.15, 0.2) is 24.5 Å². The van der Waals surface area contributed by atoms with Crippen molar-refractivity contribution in [3.63, 3.8) is 0 Å². The molecule has 1 N–H and O–H groups in total. The number of rotatable bonds is 1. The smallest absolute Gasteiger partial charge is 0.337 e. The Morgan fingerprint density at radius 2 is 2.67 bits per heavy atom. The van der Waals surface area contributed by atoms with Gasteiger partial charge in [0.2, 0.25) is 0 Å². The fourth-order valence-electron chi connectivity index (χ4n) is 0.400. The SMILES string of the molecule is [2H]c1cncc(C(=O)O)c1[2H]. The van der Waals surface area contributed by atoms with Crippen LogP contribution in [0.1, 0.15) is 13.1 Å². The molecule has 1 aromatic rings. The standard InChI is InChI=1S/C6H5NO2/c8-6(9)5-2-1-3-7-4-5/h1-4H,(H,8,9)/i1D,2D. The number of hydrogen-bond acceptors (Lipinski definition) is 2. The van der Waals surface area contributed by atoms with Crippen LogP contribution in [0.25, 0.3) is 0 Å². The monoisotopic (exact) mass is 125 g/mol. The summed E-state index contributed by atoms with van der Waals surface area (Å²) in [6.07, 6.45) is 2.19. The molecule has 0 aromatic carbocycles. The van der Waals surface area contributed by atoms with E-state index in [1.807, 2.05) is 0 Å². The predicted molar refractivity (Wildman–Crippen MR) is 31.2 cm³/mol. The van der Waals surface area contributed by atoms with Gasteiger partial charge >= 0.3 is 5.97 Å². The number of aromatic nitrogens is 1. The Morgan fingerprint density at radius 3 is 3.22 bits per heavy atom. The molecule has 0 aliphatic carbocycles. The van der Waals surface area contributed by atoms with Gasteiger partial charge in [-0.3, -0.25) is 4.98 Å². The first-order valence-electron chi connectivity index (χ1n) is 3.27. The summed E-state index contributed by atoms with van der Waals surface area (Å²) in [4.78, 5) is 13.8. The molecule has 1 heterocycles. The molecule has 9 heavy (non-hydrogen) atoms. The van der Waals surface area contributed by atoms with Gasteiger partial charge in [0.05, 0.1) is 8.30 Å². The maximum absolute atomic E-state index is 10.3. The maximum atomic E-state index is 10.3. The zero-order chi connectivity index (χ0) is 8.43. The molecule has 0 aliphatic heterocycles. The van der Waals surface area contributed by atoms with Gasteiger partial charge in [-0.2, -0.15) is 0 Å². The molecule has 46 valence electrons. The zero-order valence-corrected chi connectivity index (χ0v) is 4.46. The fraction of sp³-hybridized carbons (Fsp3) is 0. The highest BCUT2D eigenvalue weighted by atomic mass is 16.4. The Bertz CT molecular complexity index is 301. The van der Waals surface area contributed by atoms with Crippen LogP contribution in [-0.2, 0) is 0 Å². The molecule has 0 unspecified atom stereocenters. The second kappa shape index (κ2) is 2.26. The molecular weight excluding hydrogens is 118 g/mol. The lowest BCUT2D eigenvalue weighted by molar-refractivity contribution is 0.0696. The van der Waals surface area contributed by atoms with Gasteiger partial charge in [0.1, 0.15) is 0 Å². The fourth-order valence-corrected chi connectivity index (χ4v) is 0.400. The van der Waals surface area contributed by atoms with Crippen molar-refractivity contribution in [3.05, 3.63) is 30.0 Å². The van der Waals surface area contributed by atoms with E-state index in [-0.39, 0.29) is 17.6 Å². The summed E-state index contributed by atoms with van der Waals surface area (Å²) in [5, 5.41) is 8.45. The Morgan fingerprint density at radius 1 is 1.89 bits per heavy atom. The van der Waals surface area contributed by atoms with Crippen molar-refractivity contribution in [2.45, 2.75) is 0 Å². The largest absolute Gasteiger partial charge is 0.478 e. The van der Waals surface area contributed by atoms with E-state index in [0.29, 0.717) is 0 Å². The summed E-state index contributed by atoms with van der Waals surface area (Å²) in [7, 11) is 0. The summed E-state index contributed by atoms with van der Waals surface area (Å²) in [6, 6.07) is -0.475. The van der Waals surface area contributed by atoms with Crippen LogP contribution in [0.5, 0.6) is 0 Å². The molecule has 1 rings (SSSR count). The topological polar surface area (TPSA) is 50.2 Å². The second-order valence-electron chi connectivity index (χ2n) is 1.40. The van der Waals surface area contributed by atoms with E-state index < -0.39 is 5.97 Å². The summed E-state index contributed by atoms with van der Waals surface area (Å²) in [5.74, 6) is -1.23. The minimum atomic E-state index is -1.23. The summed E-state index contributed by atoms with van der Waals surface area (Å²) < 4.78 is 14.2. The number of nitrogens with zero attached hydrogens (tertiary/aromatic N) is 1. The van der Waals surface area contributed by atoms with E-state index >= 15 is 0 Å². The highest BCUT2D eigenvalue weighted by molar-refractivity contribution is 5.86. The van der Waals surface area contributed by atoms with Crippen molar-refractivity contribution >= 4 is 5.97 Å². The minimum Gasteiger partial charge on any atom is -0.478 e. The molecule has 3 nitrogen and oxygen atoms in total. The van der Waals surface area contributed by atoms with Crippen molar-refractivity contribution in [1.82, 2.24) is 4.98 Å². The third kappa shape index (κ3) is 1.25. The van der Waals surface area contributed by atoms with Crippen LogP contribution in [-0.4, -0.2) is 16.1 Å². The minimum absolute atomic E-state index is 0.176. The number of carboxylic acids is 1. The highest BCUT2D eigenvalue weighted by Gasteiger charge is 1.97. The number of carboxylic acid groups (broad SMARTS) is 1. The summed E-state index contributed by atoms with van der Waals surface area (Å²) >= 11 is 0. The first-order chi connectivity index (χ1) is 5.13. The van der Waals surface area contributed by atoms with E-state index in [1.165, 1.54) is 0 Å². The van der Waals surface area contributed by atoms with Crippen LogP contribution >= 0.6 is 0 Å². The van der Waals surface area contributed by atoms with Gasteiger partial charge in [-0.05, 0) is 12.1 Å². The van der Waals surface area contributed by atoms with E-state index in [4.69, 9.17) is 7.85 Å². The molecule has 0 radical (unpaired) electrons. The molecule has 0 spiro atoms. The molecular formula is C6H5NO2. The Kier molecular flexibility index (Phi) is 0.906. The lowest BCUT2D eigenvalue weighted by Crippen LogP contribution is -1.94. The van der Waals surface area contributed by atoms with E-state index in [1.54, 1.807) is 0 Å². The third-order valence-electron chi connectivity index (χ3n) is 0.780. The van der Waals surface area contributed by atoms with Gasteiger partial charge < -0.3 is 5.11 Å². The van der Waals surface area contributed by atoms with Crippen LogP contribution in [0.2, 0.25) is 0 Å². The lowest BCUT2D eigenvalue weighted by Gasteiger charge is -1.87. The molecule has 0 bridgehead atoms. The third-order valence-corrected chi connectivity index (χ3v) is 0.780. The normalized spacial score (nSPS) is 12.0. The van der Waals surface area contributed by atoms with Crippen LogP contribution < -0.4 is 0 Å². The Labute approximate surface area is 54.8 Å². The number of hydrogen-bond donors (Lipinski definition) is 1. The zero-order valence-electron chi connectivity index (χ0n) is 6.46. The molecule has 3 heteroatoms. The van der Waals surface area contributed by atoms with Gasteiger partial charge in [-0.25, -0.2) is 4.79 Å². The highest BCUT2D eigenvalue weighted by Crippen LogP contribution is 1.92. The molecule has 0 atom stereocenters. The number of aromatic carboxylic acids is 1. The van der Waals surface area contributed by atoms with Crippen molar-refractivity contribution in [2.75, 3.05) is 0 Å². The van der Waals surface area contributed by atoms with Gasteiger partial charge in [0.25, 0.3) is 0 Å². The predicted octanol–water partition coefficient (Wildman–Crippen LogP) is 0.780. The summed E-state index contributed by atoms with van der Waals surface area (Å²) in [5.41, 5.74) is -0.238. The van der Waals surface area contributed by atoms with Crippen molar-refractivity contribution < 1.29 is 12.6 Å².